The van der Waals surface area contributed by atoms with Crippen LogP contribution in [0, 0.1) is 5.92 Å². The Morgan fingerprint density at radius 2 is 2.11 bits per heavy atom. The van der Waals surface area contributed by atoms with Crippen molar-refractivity contribution in [2.45, 2.75) is 25.8 Å². The van der Waals surface area contributed by atoms with E-state index in [1.807, 2.05) is 17.0 Å². The first kappa shape index (κ1) is 12.5. The van der Waals surface area contributed by atoms with Gasteiger partial charge in [0.25, 0.3) is 0 Å². The molecule has 4 nitrogen and oxygen atoms in total. The molecule has 0 radical (unpaired) electrons. The van der Waals surface area contributed by atoms with E-state index >= 15 is 0 Å². The molecule has 2 heterocycles. The van der Waals surface area contributed by atoms with Crippen molar-refractivity contribution in [1.82, 2.24) is 4.90 Å². The van der Waals surface area contributed by atoms with Gasteiger partial charge >= 0.3 is 0 Å². The van der Waals surface area contributed by atoms with E-state index in [0.29, 0.717) is 25.5 Å². The molecule has 0 atom stereocenters. The second kappa shape index (κ2) is 5.21. The number of ether oxygens (including phenoxy) is 1. The fourth-order valence-electron chi connectivity index (χ4n) is 2.95. The predicted molar refractivity (Wildman–Crippen MR) is 70.8 cm³/mol. The average Bonchev–Trinajstić information content (AvgIpc) is 2.47. The first-order valence-corrected chi connectivity index (χ1v) is 6.92. The summed E-state index contributed by atoms with van der Waals surface area (Å²) in [6.45, 7) is 2.67. The van der Waals surface area contributed by atoms with Gasteiger partial charge in [-0.15, -0.1) is 0 Å². The molecule has 0 unspecified atom stereocenters. The van der Waals surface area contributed by atoms with E-state index in [-0.39, 0.29) is 11.8 Å². The fraction of sp³-hybridized carbons (Fsp3) is 0.533. The summed E-state index contributed by atoms with van der Waals surface area (Å²) in [6, 6.07) is 5.59. The van der Waals surface area contributed by atoms with Gasteiger partial charge < -0.3 is 14.7 Å². The fourth-order valence-corrected chi connectivity index (χ4v) is 2.95. The molecular formula is C15H19NO3. The van der Waals surface area contributed by atoms with E-state index in [1.165, 1.54) is 0 Å². The number of hydrogen-bond acceptors (Lipinski definition) is 3. The van der Waals surface area contributed by atoms with Crippen LogP contribution in [0.4, 0.5) is 0 Å². The monoisotopic (exact) mass is 261 g/mol. The minimum Gasteiger partial charge on any atom is -0.508 e. The Bertz CT molecular complexity index is 480. The van der Waals surface area contributed by atoms with Crippen LogP contribution in [0.3, 0.4) is 0 Å². The van der Waals surface area contributed by atoms with Crippen LogP contribution in [0.2, 0.25) is 0 Å². The third kappa shape index (κ3) is 2.45. The van der Waals surface area contributed by atoms with Crippen LogP contribution < -0.4 is 0 Å². The second-order valence-electron chi connectivity index (χ2n) is 5.31. The van der Waals surface area contributed by atoms with Crippen LogP contribution in [0.25, 0.3) is 0 Å². The molecule has 1 N–H and O–H groups in total. The number of carbonyl (C=O) groups is 1. The Morgan fingerprint density at radius 3 is 2.89 bits per heavy atom. The highest BCUT2D eigenvalue weighted by Crippen LogP contribution is 2.29. The molecule has 0 bridgehead atoms. The molecule has 19 heavy (non-hydrogen) atoms. The zero-order chi connectivity index (χ0) is 13.2. The Labute approximate surface area is 113 Å². The summed E-state index contributed by atoms with van der Waals surface area (Å²) in [4.78, 5) is 14.3. The van der Waals surface area contributed by atoms with Crippen molar-refractivity contribution >= 4 is 5.91 Å². The van der Waals surface area contributed by atoms with Crippen LogP contribution in [-0.2, 0) is 22.5 Å². The Morgan fingerprint density at radius 1 is 1.32 bits per heavy atom. The first-order valence-electron chi connectivity index (χ1n) is 6.92. The average molecular weight is 261 g/mol. The summed E-state index contributed by atoms with van der Waals surface area (Å²) < 4.78 is 5.30. The molecule has 1 aromatic rings. The number of rotatable bonds is 1. The van der Waals surface area contributed by atoms with E-state index in [2.05, 4.69) is 0 Å². The highest BCUT2D eigenvalue weighted by Gasteiger charge is 2.29. The number of benzene rings is 1. The van der Waals surface area contributed by atoms with E-state index in [1.54, 1.807) is 6.07 Å². The number of amides is 1. The zero-order valence-electron chi connectivity index (χ0n) is 11.0. The smallest absolute Gasteiger partial charge is 0.226 e. The molecule has 2 aliphatic rings. The summed E-state index contributed by atoms with van der Waals surface area (Å²) in [5.74, 6) is 0.625. The van der Waals surface area contributed by atoms with Crippen molar-refractivity contribution in [3.8, 4) is 5.75 Å². The van der Waals surface area contributed by atoms with Gasteiger partial charge in [-0.2, -0.15) is 0 Å². The van der Waals surface area contributed by atoms with Crippen molar-refractivity contribution in [2.24, 2.45) is 5.92 Å². The lowest BCUT2D eigenvalue weighted by atomic mass is 9.94. The minimum atomic E-state index is 0.0983. The van der Waals surface area contributed by atoms with Gasteiger partial charge in [0, 0.05) is 37.8 Å². The SMILES string of the molecule is O=C(C1CCOCC1)N1CCc2cccc(O)c2C1. The van der Waals surface area contributed by atoms with Crippen LogP contribution in [0.15, 0.2) is 18.2 Å². The van der Waals surface area contributed by atoms with E-state index in [0.717, 1.165) is 36.9 Å². The number of carbonyl (C=O) groups excluding carboxylic acids is 1. The Hall–Kier alpha value is -1.55. The third-order valence-electron chi connectivity index (χ3n) is 4.13. The molecule has 1 fully saturated rings. The molecule has 3 rings (SSSR count). The summed E-state index contributed by atoms with van der Waals surface area (Å²) in [7, 11) is 0. The van der Waals surface area contributed by atoms with Crippen molar-refractivity contribution in [1.29, 1.82) is 0 Å². The number of aromatic hydroxyl groups is 1. The van der Waals surface area contributed by atoms with E-state index in [9.17, 15) is 9.90 Å². The second-order valence-corrected chi connectivity index (χ2v) is 5.31. The van der Waals surface area contributed by atoms with Gasteiger partial charge in [0.2, 0.25) is 5.91 Å². The van der Waals surface area contributed by atoms with Gasteiger partial charge in [0.05, 0.1) is 0 Å². The number of phenolic OH excluding ortho intramolecular Hbond substituents is 1. The third-order valence-corrected chi connectivity index (χ3v) is 4.13. The maximum atomic E-state index is 12.5. The molecule has 1 aromatic carbocycles. The predicted octanol–water partition coefficient (Wildman–Crippen LogP) is 1.70. The minimum absolute atomic E-state index is 0.0983. The molecular weight excluding hydrogens is 242 g/mol. The van der Waals surface area contributed by atoms with Crippen molar-refractivity contribution in [3.63, 3.8) is 0 Å². The van der Waals surface area contributed by atoms with Crippen LogP contribution in [0.1, 0.15) is 24.0 Å². The molecule has 0 spiro atoms. The lowest BCUT2D eigenvalue weighted by Gasteiger charge is -2.33. The molecule has 0 saturated carbocycles. The molecule has 0 aliphatic carbocycles. The Kier molecular flexibility index (Phi) is 3.42. The van der Waals surface area contributed by atoms with Gasteiger partial charge in [-0.05, 0) is 30.9 Å². The first-order chi connectivity index (χ1) is 9.25. The Balaban J connectivity index is 1.74. The van der Waals surface area contributed by atoms with E-state index in [4.69, 9.17) is 4.74 Å². The highest BCUT2D eigenvalue weighted by atomic mass is 16.5. The van der Waals surface area contributed by atoms with Gasteiger partial charge in [0.1, 0.15) is 5.75 Å². The zero-order valence-corrected chi connectivity index (χ0v) is 11.0. The number of phenols is 1. The number of fused-ring (bicyclic) bond motifs is 1. The highest BCUT2D eigenvalue weighted by molar-refractivity contribution is 5.79. The summed E-state index contributed by atoms with van der Waals surface area (Å²) in [5.41, 5.74) is 2.07. The van der Waals surface area contributed by atoms with Gasteiger partial charge in [-0.25, -0.2) is 0 Å². The summed E-state index contributed by atoms with van der Waals surface area (Å²) in [5, 5.41) is 9.91. The van der Waals surface area contributed by atoms with Crippen LogP contribution in [-0.4, -0.2) is 35.7 Å². The maximum Gasteiger partial charge on any atom is 0.226 e. The molecule has 1 amide bonds. The van der Waals surface area contributed by atoms with Crippen LogP contribution >= 0.6 is 0 Å². The lowest BCUT2D eigenvalue weighted by Crippen LogP contribution is -2.41. The largest absolute Gasteiger partial charge is 0.508 e. The van der Waals surface area contributed by atoms with Gasteiger partial charge in [-0.1, -0.05) is 12.1 Å². The summed E-state index contributed by atoms with van der Waals surface area (Å²) in [6.07, 6.45) is 2.48. The van der Waals surface area contributed by atoms with E-state index < -0.39 is 0 Å². The van der Waals surface area contributed by atoms with Crippen molar-refractivity contribution < 1.29 is 14.6 Å². The van der Waals surface area contributed by atoms with Gasteiger partial charge in [-0.3, -0.25) is 4.79 Å². The molecule has 0 aromatic heterocycles. The maximum absolute atomic E-state index is 12.5. The summed E-state index contributed by atoms with van der Waals surface area (Å²) >= 11 is 0. The normalized spacial score (nSPS) is 20.1. The molecule has 102 valence electrons. The number of hydrogen-bond donors (Lipinski definition) is 1. The number of nitrogens with zero attached hydrogens (tertiary/aromatic N) is 1. The van der Waals surface area contributed by atoms with Gasteiger partial charge in [0.15, 0.2) is 0 Å². The molecule has 4 heteroatoms. The topological polar surface area (TPSA) is 49.8 Å². The lowest BCUT2D eigenvalue weighted by molar-refractivity contribution is -0.139. The molecule has 1 saturated heterocycles. The van der Waals surface area contributed by atoms with Crippen molar-refractivity contribution in [3.05, 3.63) is 29.3 Å². The van der Waals surface area contributed by atoms with Crippen LogP contribution in [0.5, 0.6) is 5.75 Å². The standard InChI is InChI=1S/C15H19NO3/c17-14-3-1-2-11-4-7-16(10-13(11)14)15(18)12-5-8-19-9-6-12/h1-3,12,17H,4-10H2. The molecule has 2 aliphatic heterocycles. The quantitative estimate of drug-likeness (QED) is 0.837. The van der Waals surface area contributed by atoms with Crippen molar-refractivity contribution in [2.75, 3.05) is 19.8 Å².